The van der Waals surface area contributed by atoms with Crippen LogP contribution in [0.1, 0.15) is 15.9 Å². The van der Waals surface area contributed by atoms with Crippen LogP contribution in [0.15, 0.2) is 69.1 Å². The standard InChI is InChI=1S/C22H18ClN5O4/c1-26-17(11-18(29)27(2)22(26)32)25-20(30)16-10-14-4-3-9-24-19(14)28(21(16)31)12-13-5-7-15(23)8-6-13/h3-11H,12H2,1-2H3,(H,25,30). The number of nitrogens with one attached hydrogen (secondary N) is 1. The summed E-state index contributed by atoms with van der Waals surface area (Å²) in [5.41, 5.74) is -0.660. The Morgan fingerprint density at radius 3 is 2.47 bits per heavy atom. The Kier molecular flexibility index (Phi) is 5.50. The number of carbonyl (C=O) groups excluding carboxylic acids is 1. The maximum Gasteiger partial charge on any atom is 0.332 e. The van der Waals surface area contributed by atoms with Crippen LogP contribution in [0.2, 0.25) is 5.02 Å². The molecular formula is C22H18ClN5O4. The third-order valence-electron chi connectivity index (χ3n) is 5.11. The van der Waals surface area contributed by atoms with E-state index in [0.717, 1.165) is 20.8 Å². The highest BCUT2D eigenvalue weighted by atomic mass is 35.5. The van der Waals surface area contributed by atoms with E-state index in [1.54, 1.807) is 42.6 Å². The van der Waals surface area contributed by atoms with Crippen LogP contribution in [0.4, 0.5) is 5.82 Å². The van der Waals surface area contributed by atoms with Gasteiger partial charge in [0, 0.05) is 36.8 Å². The van der Waals surface area contributed by atoms with Gasteiger partial charge in [0.25, 0.3) is 17.0 Å². The molecule has 0 saturated carbocycles. The van der Waals surface area contributed by atoms with Crippen LogP contribution in [0.5, 0.6) is 0 Å². The molecule has 9 nitrogen and oxygen atoms in total. The van der Waals surface area contributed by atoms with Crippen LogP contribution in [-0.2, 0) is 20.6 Å². The van der Waals surface area contributed by atoms with Crippen LogP contribution >= 0.6 is 11.6 Å². The Hall–Kier alpha value is -3.98. The molecule has 0 aliphatic rings. The largest absolute Gasteiger partial charge is 0.332 e. The number of carbonyl (C=O) groups is 1. The number of amides is 1. The Morgan fingerprint density at radius 2 is 1.75 bits per heavy atom. The molecule has 1 aromatic carbocycles. The molecule has 0 aliphatic carbocycles. The zero-order chi connectivity index (χ0) is 23.0. The summed E-state index contributed by atoms with van der Waals surface area (Å²) in [6.45, 7) is 0.176. The number of anilines is 1. The fourth-order valence-electron chi connectivity index (χ4n) is 3.32. The number of halogens is 1. The molecule has 10 heteroatoms. The number of pyridine rings is 2. The molecule has 1 N–H and O–H groups in total. The summed E-state index contributed by atoms with van der Waals surface area (Å²) >= 11 is 5.95. The lowest BCUT2D eigenvalue weighted by molar-refractivity contribution is 0.102. The van der Waals surface area contributed by atoms with Crippen LogP contribution in [-0.4, -0.2) is 24.6 Å². The van der Waals surface area contributed by atoms with Crippen molar-refractivity contribution in [1.29, 1.82) is 0 Å². The monoisotopic (exact) mass is 451 g/mol. The lowest BCUT2D eigenvalue weighted by Crippen LogP contribution is -2.38. The SMILES string of the molecule is Cn1c(NC(=O)c2cc3cccnc3n(Cc3ccc(Cl)cc3)c2=O)cc(=O)n(C)c1=O. The molecule has 162 valence electrons. The van der Waals surface area contributed by atoms with Crippen molar-refractivity contribution >= 4 is 34.4 Å². The number of hydrogen-bond acceptors (Lipinski definition) is 5. The summed E-state index contributed by atoms with van der Waals surface area (Å²) in [5, 5.41) is 3.65. The molecule has 0 unspecified atom stereocenters. The normalized spacial score (nSPS) is 11.0. The fraction of sp³-hybridized carbons (Fsp3) is 0.136. The number of nitrogens with zero attached hydrogens (tertiary/aromatic N) is 4. The summed E-state index contributed by atoms with van der Waals surface area (Å²) < 4.78 is 3.43. The van der Waals surface area contributed by atoms with Crippen LogP contribution < -0.4 is 22.1 Å². The molecule has 0 spiro atoms. The molecule has 0 aliphatic heterocycles. The second-order valence-corrected chi connectivity index (χ2v) is 7.65. The number of hydrogen-bond donors (Lipinski definition) is 1. The van der Waals surface area contributed by atoms with Crippen LogP contribution in [0.3, 0.4) is 0 Å². The minimum absolute atomic E-state index is 0.0157. The van der Waals surface area contributed by atoms with Crippen molar-refractivity contribution in [2.75, 3.05) is 5.32 Å². The summed E-state index contributed by atoms with van der Waals surface area (Å²) in [6, 6.07) is 13.0. The van der Waals surface area contributed by atoms with Gasteiger partial charge in [0.1, 0.15) is 17.0 Å². The van der Waals surface area contributed by atoms with E-state index in [1.165, 1.54) is 24.7 Å². The average Bonchev–Trinajstić information content (AvgIpc) is 2.79. The number of rotatable bonds is 4. The minimum Gasteiger partial charge on any atom is -0.308 e. The second kappa shape index (κ2) is 8.27. The maximum absolute atomic E-state index is 13.3. The lowest BCUT2D eigenvalue weighted by Gasteiger charge is -2.14. The molecule has 4 aromatic rings. The van der Waals surface area contributed by atoms with Gasteiger partial charge in [-0.25, -0.2) is 9.78 Å². The van der Waals surface area contributed by atoms with Gasteiger partial charge >= 0.3 is 5.69 Å². The predicted octanol–water partition coefficient (Wildman–Crippen LogP) is 1.75. The summed E-state index contributed by atoms with van der Waals surface area (Å²) in [7, 11) is 2.75. The highest BCUT2D eigenvalue weighted by Crippen LogP contribution is 2.15. The van der Waals surface area contributed by atoms with Gasteiger partial charge in [-0.3, -0.25) is 28.1 Å². The molecule has 0 fully saturated rings. The predicted molar refractivity (Wildman–Crippen MR) is 121 cm³/mol. The van der Waals surface area contributed by atoms with E-state index >= 15 is 0 Å². The molecule has 1 amide bonds. The Morgan fingerprint density at radius 1 is 1.03 bits per heavy atom. The van der Waals surface area contributed by atoms with Gasteiger partial charge in [-0.1, -0.05) is 23.7 Å². The first kappa shape index (κ1) is 21.3. The van der Waals surface area contributed by atoms with Gasteiger partial charge in [-0.2, -0.15) is 0 Å². The van der Waals surface area contributed by atoms with Gasteiger partial charge < -0.3 is 5.32 Å². The summed E-state index contributed by atoms with van der Waals surface area (Å²) in [4.78, 5) is 54.7. The zero-order valence-electron chi connectivity index (χ0n) is 17.2. The average molecular weight is 452 g/mol. The van der Waals surface area contributed by atoms with E-state index in [-0.39, 0.29) is 17.9 Å². The highest BCUT2D eigenvalue weighted by Gasteiger charge is 2.18. The molecule has 4 rings (SSSR count). The Labute approximate surface area is 186 Å². The zero-order valence-corrected chi connectivity index (χ0v) is 18.0. The lowest BCUT2D eigenvalue weighted by atomic mass is 10.1. The Bertz CT molecular complexity index is 1530. The molecular weight excluding hydrogens is 434 g/mol. The summed E-state index contributed by atoms with van der Waals surface area (Å²) in [6.07, 6.45) is 1.56. The fourth-order valence-corrected chi connectivity index (χ4v) is 3.45. The van der Waals surface area contributed by atoms with E-state index in [2.05, 4.69) is 10.3 Å². The third-order valence-corrected chi connectivity index (χ3v) is 5.37. The topological polar surface area (TPSA) is 108 Å². The van der Waals surface area contributed by atoms with Gasteiger partial charge in [0.2, 0.25) is 0 Å². The molecule has 32 heavy (non-hydrogen) atoms. The number of aromatic nitrogens is 4. The third kappa shape index (κ3) is 3.85. The van der Waals surface area contributed by atoms with E-state index in [0.29, 0.717) is 16.1 Å². The van der Waals surface area contributed by atoms with Crippen molar-refractivity contribution in [2.45, 2.75) is 6.54 Å². The first-order valence-corrected chi connectivity index (χ1v) is 9.95. The van der Waals surface area contributed by atoms with Crippen molar-refractivity contribution < 1.29 is 4.79 Å². The van der Waals surface area contributed by atoms with E-state index < -0.39 is 22.7 Å². The Balaban J connectivity index is 1.81. The molecule has 0 bridgehead atoms. The number of fused-ring (bicyclic) bond motifs is 1. The smallest absolute Gasteiger partial charge is 0.308 e. The first-order valence-electron chi connectivity index (χ1n) is 9.57. The van der Waals surface area contributed by atoms with E-state index in [4.69, 9.17) is 11.6 Å². The quantitative estimate of drug-likeness (QED) is 0.508. The first-order chi connectivity index (χ1) is 15.3. The molecule has 3 aromatic heterocycles. The highest BCUT2D eigenvalue weighted by molar-refractivity contribution is 6.30. The summed E-state index contributed by atoms with van der Waals surface area (Å²) in [5.74, 6) is -0.758. The van der Waals surface area contributed by atoms with Crippen molar-refractivity contribution in [3.63, 3.8) is 0 Å². The maximum atomic E-state index is 13.3. The van der Waals surface area contributed by atoms with Gasteiger partial charge in [-0.15, -0.1) is 0 Å². The number of benzene rings is 1. The van der Waals surface area contributed by atoms with Crippen molar-refractivity contribution in [3.8, 4) is 0 Å². The molecule has 0 saturated heterocycles. The van der Waals surface area contributed by atoms with Crippen molar-refractivity contribution in [3.05, 3.63) is 102 Å². The van der Waals surface area contributed by atoms with E-state index in [1.807, 2.05) is 0 Å². The van der Waals surface area contributed by atoms with E-state index in [9.17, 15) is 19.2 Å². The molecule has 0 radical (unpaired) electrons. The van der Waals surface area contributed by atoms with Gasteiger partial charge in [0.05, 0.1) is 6.54 Å². The molecule has 3 heterocycles. The van der Waals surface area contributed by atoms with Crippen molar-refractivity contribution in [1.82, 2.24) is 18.7 Å². The van der Waals surface area contributed by atoms with Gasteiger partial charge in [-0.05, 0) is 35.9 Å². The van der Waals surface area contributed by atoms with Crippen LogP contribution in [0.25, 0.3) is 11.0 Å². The van der Waals surface area contributed by atoms with Gasteiger partial charge in [0.15, 0.2) is 0 Å². The molecule has 0 atom stereocenters. The van der Waals surface area contributed by atoms with Crippen molar-refractivity contribution in [2.24, 2.45) is 14.1 Å². The second-order valence-electron chi connectivity index (χ2n) is 7.21. The van der Waals surface area contributed by atoms with Crippen LogP contribution in [0, 0.1) is 0 Å². The minimum atomic E-state index is -0.742.